The zero-order valence-electron chi connectivity index (χ0n) is 8.24. The Kier molecular flexibility index (Phi) is 2.41. The minimum absolute atomic E-state index is 0.0766. The molecule has 0 aromatic heterocycles. The van der Waals surface area contributed by atoms with Crippen LogP contribution in [0.2, 0.25) is 0 Å². The predicted molar refractivity (Wildman–Crippen MR) is 53.3 cm³/mol. The summed E-state index contributed by atoms with van der Waals surface area (Å²) < 4.78 is 4.55. The van der Waals surface area contributed by atoms with E-state index in [9.17, 15) is 9.59 Å². The number of amides is 1. The van der Waals surface area contributed by atoms with Crippen molar-refractivity contribution in [3.8, 4) is 0 Å². The third kappa shape index (κ3) is 1.70. The Morgan fingerprint density at radius 1 is 1.67 bits per heavy atom. The van der Waals surface area contributed by atoms with E-state index in [1.165, 1.54) is 7.11 Å². The second-order valence-electron chi connectivity index (χ2n) is 3.34. The Balaban J connectivity index is 2.26. The molecule has 1 unspecified atom stereocenters. The second-order valence-corrected chi connectivity index (χ2v) is 3.34. The average Bonchev–Trinajstić information content (AvgIpc) is 2.55. The van der Waals surface area contributed by atoms with Crippen LogP contribution in [0, 0.1) is 6.07 Å². The summed E-state index contributed by atoms with van der Waals surface area (Å²) in [5.74, 6) is -0.980. The molecule has 0 spiro atoms. The maximum Gasteiger partial charge on any atom is 0.306 e. The molecule has 1 aliphatic rings. The highest BCUT2D eigenvalue weighted by Gasteiger charge is 2.32. The van der Waals surface area contributed by atoms with Gasteiger partial charge in [-0.1, -0.05) is 6.07 Å². The zero-order chi connectivity index (χ0) is 10.8. The Morgan fingerprint density at radius 3 is 3.20 bits per heavy atom. The fraction of sp³-hybridized carbons (Fsp3) is 0.273. The van der Waals surface area contributed by atoms with E-state index in [0.717, 1.165) is 11.3 Å². The van der Waals surface area contributed by atoms with Crippen LogP contribution in [0.15, 0.2) is 18.2 Å². The Labute approximate surface area is 87.2 Å². The number of carbonyl (C=O) groups is 2. The van der Waals surface area contributed by atoms with Crippen molar-refractivity contribution >= 4 is 17.6 Å². The molecule has 0 bridgehead atoms. The summed E-state index contributed by atoms with van der Waals surface area (Å²) in [5, 5.41) is 2.71. The molecule has 4 heteroatoms. The van der Waals surface area contributed by atoms with Gasteiger partial charge in [0.15, 0.2) is 0 Å². The lowest BCUT2D eigenvalue weighted by Crippen LogP contribution is -2.16. The predicted octanol–water partition coefficient (Wildman–Crippen LogP) is 1.09. The van der Waals surface area contributed by atoms with Crippen molar-refractivity contribution in [2.75, 3.05) is 12.4 Å². The van der Waals surface area contributed by atoms with Gasteiger partial charge in [-0.25, -0.2) is 0 Å². The maximum atomic E-state index is 11.5. The number of rotatable bonds is 2. The SMILES string of the molecule is COC(=O)CC1C(=O)Nc2cc[c]cc21. The van der Waals surface area contributed by atoms with Gasteiger partial charge >= 0.3 is 5.97 Å². The Morgan fingerprint density at radius 2 is 2.47 bits per heavy atom. The molecule has 0 aliphatic carbocycles. The second kappa shape index (κ2) is 3.73. The van der Waals surface area contributed by atoms with Gasteiger partial charge in [-0.05, 0) is 23.8 Å². The molecule has 77 valence electrons. The standard InChI is InChI=1S/C11H10NO3/c1-15-10(13)6-8-7-4-2-3-5-9(7)12-11(8)14/h3-5,8H,6H2,1H3,(H,12,14). The number of hydrogen-bond donors (Lipinski definition) is 1. The van der Waals surface area contributed by atoms with E-state index in [4.69, 9.17) is 0 Å². The van der Waals surface area contributed by atoms with E-state index in [2.05, 4.69) is 16.1 Å². The van der Waals surface area contributed by atoms with Gasteiger partial charge in [-0.15, -0.1) is 0 Å². The van der Waals surface area contributed by atoms with E-state index >= 15 is 0 Å². The van der Waals surface area contributed by atoms with Crippen LogP contribution in [0.25, 0.3) is 0 Å². The smallest absolute Gasteiger partial charge is 0.306 e. The molecule has 1 heterocycles. The number of ether oxygens (including phenoxy) is 1. The summed E-state index contributed by atoms with van der Waals surface area (Å²) in [4.78, 5) is 22.7. The normalized spacial score (nSPS) is 18.2. The van der Waals surface area contributed by atoms with Crippen LogP contribution in [0.4, 0.5) is 5.69 Å². The molecule has 0 saturated heterocycles. The van der Waals surface area contributed by atoms with Gasteiger partial charge in [0.05, 0.1) is 19.4 Å². The lowest BCUT2D eigenvalue weighted by Gasteiger charge is -2.05. The number of anilines is 1. The maximum absolute atomic E-state index is 11.5. The van der Waals surface area contributed by atoms with Crippen LogP contribution in [0.3, 0.4) is 0 Å². The summed E-state index contributed by atoms with van der Waals surface area (Å²) in [6, 6.07) is 8.10. The van der Waals surface area contributed by atoms with Crippen LogP contribution in [0.1, 0.15) is 17.9 Å². The van der Waals surface area contributed by atoms with Crippen molar-refractivity contribution in [2.45, 2.75) is 12.3 Å². The molecule has 1 atom stereocenters. The van der Waals surface area contributed by atoms with Crippen molar-refractivity contribution in [3.63, 3.8) is 0 Å². The molecule has 1 radical (unpaired) electrons. The number of esters is 1. The molecule has 4 nitrogen and oxygen atoms in total. The van der Waals surface area contributed by atoms with Gasteiger partial charge in [0, 0.05) is 5.69 Å². The van der Waals surface area contributed by atoms with Crippen molar-refractivity contribution in [3.05, 3.63) is 29.8 Å². The average molecular weight is 204 g/mol. The van der Waals surface area contributed by atoms with Crippen molar-refractivity contribution in [2.24, 2.45) is 0 Å². The van der Waals surface area contributed by atoms with E-state index in [-0.39, 0.29) is 18.3 Å². The fourth-order valence-electron chi connectivity index (χ4n) is 1.66. The minimum Gasteiger partial charge on any atom is -0.469 e. The van der Waals surface area contributed by atoms with E-state index in [1.54, 1.807) is 18.2 Å². The van der Waals surface area contributed by atoms with Gasteiger partial charge in [0.1, 0.15) is 0 Å². The first-order valence-corrected chi connectivity index (χ1v) is 4.60. The quantitative estimate of drug-likeness (QED) is 0.733. The molecular weight excluding hydrogens is 194 g/mol. The topological polar surface area (TPSA) is 55.4 Å². The monoisotopic (exact) mass is 204 g/mol. The molecule has 1 aromatic rings. The first-order valence-electron chi connectivity index (χ1n) is 4.60. The molecular formula is C11H10NO3. The summed E-state index contributed by atoms with van der Waals surface area (Å²) in [7, 11) is 1.31. The lowest BCUT2D eigenvalue weighted by molar-refractivity contribution is -0.142. The highest BCUT2D eigenvalue weighted by atomic mass is 16.5. The van der Waals surface area contributed by atoms with Crippen molar-refractivity contribution in [1.82, 2.24) is 0 Å². The molecule has 0 saturated carbocycles. The minimum atomic E-state index is -0.440. The summed E-state index contributed by atoms with van der Waals surface area (Å²) in [5.41, 5.74) is 1.57. The molecule has 2 rings (SSSR count). The summed E-state index contributed by atoms with van der Waals surface area (Å²) >= 11 is 0. The largest absolute Gasteiger partial charge is 0.469 e. The van der Waals surface area contributed by atoms with E-state index < -0.39 is 5.92 Å². The van der Waals surface area contributed by atoms with Crippen LogP contribution in [0.5, 0.6) is 0 Å². The highest BCUT2D eigenvalue weighted by molar-refractivity contribution is 6.04. The van der Waals surface area contributed by atoms with Gasteiger partial charge in [0.25, 0.3) is 0 Å². The van der Waals surface area contributed by atoms with Gasteiger partial charge in [-0.3, -0.25) is 9.59 Å². The van der Waals surface area contributed by atoms with Crippen molar-refractivity contribution in [1.29, 1.82) is 0 Å². The lowest BCUT2D eigenvalue weighted by atomic mass is 9.97. The highest BCUT2D eigenvalue weighted by Crippen LogP contribution is 2.34. The third-order valence-electron chi connectivity index (χ3n) is 2.44. The number of methoxy groups -OCH3 is 1. The Hall–Kier alpha value is -1.84. The molecule has 1 N–H and O–H groups in total. The molecule has 0 fully saturated rings. The number of benzene rings is 1. The first-order chi connectivity index (χ1) is 7.22. The van der Waals surface area contributed by atoms with Crippen LogP contribution < -0.4 is 5.32 Å². The molecule has 1 aromatic carbocycles. The van der Waals surface area contributed by atoms with Crippen molar-refractivity contribution < 1.29 is 14.3 Å². The number of nitrogens with one attached hydrogen (secondary N) is 1. The molecule has 15 heavy (non-hydrogen) atoms. The zero-order valence-corrected chi connectivity index (χ0v) is 8.24. The van der Waals surface area contributed by atoms with Crippen LogP contribution >= 0.6 is 0 Å². The summed E-state index contributed by atoms with van der Waals surface area (Å²) in [6.07, 6.45) is 0.0766. The fourth-order valence-corrected chi connectivity index (χ4v) is 1.66. The summed E-state index contributed by atoms with van der Waals surface area (Å²) in [6.45, 7) is 0. The number of hydrogen-bond acceptors (Lipinski definition) is 3. The number of carbonyl (C=O) groups excluding carboxylic acids is 2. The van der Waals surface area contributed by atoms with Gasteiger partial charge in [-0.2, -0.15) is 0 Å². The number of fused-ring (bicyclic) bond motifs is 1. The third-order valence-corrected chi connectivity index (χ3v) is 2.44. The van der Waals surface area contributed by atoms with Crippen LogP contribution in [-0.4, -0.2) is 19.0 Å². The van der Waals surface area contributed by atoms with Gasteiger partial charge < -0.3 is 10.1 Å². The van der Waals surface area contributed by atoms with E-state index in [0.29, 0.717) is 0 Å². The molecule has 1 aliphatic heterocycles. The molecule has 1 amide bonds. The first kappa shape index (κ1) is 9.71. The van der Waals surface area contributed by atoms with Crippen LogP contribution in [-0.2, 0) is 14.3 Å². The Bertz CT molecular complexity index is 414. The van der Waals surface area contributed by atoms with Gasteiger partial charge in [0.2, 0.25) is 5.91 Å². The van der Waals surface area contributed by atoms with E-state index in [1.807, 2.05) is 0 Å².